The van der Waals surface area contributed by atoms with Crippen molar-refractivity contribution in [1.82, 2.24) is 0 Å². The molecule has 4 saturated carbocycles. The first-order chi connectivity index (χ1) is 35.2. The van der Waals surface area contributed by atoms with E-state index in [2.05, 4.69) is 27.7 Å². The molecule has 23 heteroatoms. The van der Waals surface area contributed by atoms with Gasteiger partial charge in [-0.2, -0.15) is 0 Å². The quantitative estimate of drug-likeness (QED) is 0.0872. The maximum Gasteiger partial charge on any atom is 0.187 e. The summed E-state index contributed by atoms with van der Waals surface area (Å²) in [6.07, 6.45) is -25.9. The molecule has 32 atom stereocenters. The molecule has 0 unspecified atom stereocenters. The van der Waals surface area contributed by atoms with Crippen molar-refractivity contribution in [3.63, 3.8) is 0 Å². The van der Waals surface area contributed by atoms with E-state index in [9.17, 15) is 66.4 Å². The van der Waals surface area contributed by atoms with Crippen molar-refractivity contribution >= 4 is 0 Å². The average molecular weight is 1070 g/mol. The van der Waals surface area contributed by atoms with Crippen molar-refractivity contribution in [3.8, 4) is 0 Å². The molecule has 6 aliphatic heterocycles. The van der Waals surface area contributed by atoms with Crippen LogP contribution in [0.15, 0.2) is 0 Å². The number of rotatable bonds is 12. The van der Waals surface area contributed by atoms with Crippen molar-refractivity contribution in [2.24, 2.45) is 52.3 Å². The third-order valence-electron chi connectivity index (χ3n) is 20.4. The molecule has 0 aromatic rings. The minimum absolute atomic E-state index is 0.0782. The Kier molecular flexibility index (Phi) is 16.6. The lowest BCUT2D eigenvalue weighted by molar-refractivity contribution is -0.406. The van der Waals surface area contributed by atoms with Crippen molar-refractivity contribution in [1.29, 1.82) is 0 Å². The summed E-state index contributed by atoms with van der Waals surface area (Å²) < 4.78 is 61.6. The first kappa shape index (κ1) is 56.4. The van der Waals surface area contributed by atoms with Crippen LogP contribution in [0.5, 0.6) is 0 Å². The van der Waals surface area contributed by atoms with E-state index >= 15 is 0 Å². The molecule has 74 heavy (non-hydrogen) atoms. The minimum Gasteiger partial charge on any atom is -0.394 e. The summed E-state index contributed by atoms with van der Waals surface area (Å²) in [4.78, 5) is 0. The number of fused-ring (bicyclic) bond motifs is 7. The molecule has 13 N–H and O–H groups in total. The Morgan fingerprint density at radius 1 is 0.473 bits per heavy atom. The second-order valence-electron chi connectivity index (χ2n) is 24.3. The Labute approximate surface area is 430 Å². The number of ether oxygens (including phenoxy) is 10. The largest absolute Gasteiger partial charge is 0.394 e. The lowest BCUT2D eigenvalue weighted by Gasteiger charge is -2.61. The zero-order valence-corrected chi connectivity index (χ0v) is 42.7. The highest BCUT2D eigenvalue weighted by Crippen LogP contribution is 2.71. The van der Waals surface area contributed by atoms with Crippen molar-refractivity contribution < 1.29 is 114 Å². The van der Waals surface area contributed by atoms with Gasteiger partial charge in [-0.1, -0.05) is 27.7 Å². The third-order valence-corrected chi connectivity index (χ3v) is 20.4. The molecule has 4 aliphatic carbocycles. The van der Waals surface area contributed by atoms with E-state index < -0.39 is 155 Å². The van der Waals surface area contributed by atoms with Crippen LogP contribution in [0.1, 0.15) is 91.9 Å². The van der Waals surface area contributed by atoms with Gasteiger partial charge in [0.05, 0.1) is 45.2 Å². The smallest absolute Gasteiger partial charge is 0.187 e. The summed E-state index contributed by atoms with van der Waals surface area (Å²) in [6, 6.07) is 0. The van der Waals surface area contributed by atoms with Gasteiger partial charge in [-0.3, -0.25) is 0 Å². The van der Waals surface area contributed by atoms with Crippen LogP contribution in [-0.2, 0) is 47.4 Å². The first-order valence-corrected chi connectivity index (χ1v) is 27.3. The standard InChI is InChI=1S/C51H84O23/c1-20-7-12-51(65-19-20)21(2)32-27(74-51)14-26-24-6-5-22-13-23(8-10-49(22,3)25(24)9-11-50(26,32)4)66-45-41(64)38(61)42(31(18-55)70-45)71-48-44(73-47-40(63)37(60)34(57)29(16-53)68-47)43(35(58)30(17-54)69-48)72-46-39(62)36(59)33(56)28(15-52)67-46/h20-48,52-64H,5-19H2,1-4H3/t20-,21+,22+,23+,24-,25+,26-,27+,28-,29-,30-,31-,32+,33-,34-,35-,36+,37+,38-,39-,40-,41-,42+,43+,44-,45+,46-,47-,48-,49+,50+,51-/m1/s1. The van der Waals surface area contributed by atoms with Crippen molar-refractivity contribution in [2.45, 2.75) is 233 Å². The van der Waals surface area contributed by atoms with Crippen molar-refractivity contribution in [3.05, 3.63) is 0 Å². The van der Waals surface area contributed by atoms with Crippen LogP contribution in [-0.4, -0.2) is 240 Å². The Bertz CT molecular complexity index is 1880. The maximum absolute atomic E-state index is 11.8. The summed E-state index contributed by atoms with van der Waals surface area (Å²) in [5, 5.41) is 140. The molecule has 0 amide bonds. The molecule has 6 saturated heterocycles. The lowest BCUT2D eigenvalue weighted by atomic mass is 9.44. The number of aliphatic hydroxyl groups excluding tert-OH is 13. The summed E-state index contributed by atoms with van der Waals surface area (Å²) in [6.45, 7) is 6.96. The Morgan fingerprint density at radius 2 is 1.01 bits per heavy atom. The second kappa shape index (κ2) is 21.9. The Balaban J connectivity index is 0.820. The fourth-order valence-corrected chi connectivity index (χ4v) is 16.2. The summed E-state index contributed by atoms with van der Waals surface area (Å²) >= 11 is 0. The Hall–Kier alpha value is -0.920. The molecule has 1 spiro atoms. The van der Waals surface area contributed by atoms with Crippen LogP contribution in [0.4, 0.5) is 0 Å². The zero-order valence-electron chi connectivity index (χ0n) is 42.7. The maximum atomic E-state index is 11.8. The fourth-order valence-electron chi connectivity index (χ4n) is 16.2. The number of aliphatic hydroxyl groups is 13. The lowest BCUT2D eigenvalue weighted by Crippen LogP contribution is -2.68. The van der Waals surface area contributed by atoms with Crippen LogP contribution in [0.25, 0.3) is 0 Å². The van der Waals surface area contributed by atoms with Gasteiger partial charge in [-0.25, -0.2) is 0 Å². The molecule has 0 bridgehead atoms. The van der Waals surface area contributed by atoms with Gasteiger partial charge in [-0.05, 0) is 104 Å². The summed E-state index contributed by atoms with van der Waals surface area (Å²) in [5.74, 6) is 2.99. The van der Waals surface area contributed by atoms with Crippen LogP contribution in [0.3, 0.4) is 0 Å². The predicted octanol–water partition coefficient (Wildman–Crippen LogP) is -2.91. The first-order valence-electron chi connectivity index (χ1n) is 27.3. The highest BCUT2D eigenvalue weighted by molar-refractivity contribution is 5.15. The van der Waals surface area contributed by atoms with E-state index in [1.54, 1.807) is 0 Å². The molecule has 10 aliphatic rings. The molecule has 6 heterocycles. The van der Waals surface area contributed by atoms with Gasteiger partial charge in [0.25, 0.3) is 0 Å². The highest BCUT2D eigenvalue weighted by Gasteiger charge is 2.69. The molecule has 0 aromatic heterocycles. The van der Waals surface area contributed by atoms with E-state index in [1.807, 2.05) is 0 Å². The van der Waals surface area contributed by atoms with Gasteiger partial charge >= 0.3 is 0 Å². The van der Waals surface area contributed by atoms with Gasteiger partial charge in [-0.15, -0.1) is 0 Å². The van der Waals surface area contributed by atoms with Crippen LogP contribution < -0.4 is 0 Å². The van der Waals surface area contributed by atoms with E-state index in [0.29, 0.717) is 54.3 Å². The summed E-state index contributed by atoms with van der Waals surface area (Å²) in [5.41, 5.74) is 0.270. The molecule has 23 nitrogen and oxygen atoms in total. The summed E-state index contributed by atoms with van der Waals surface area (Å²) in [7, 11) is 0. The molecule has 10 rings (SSSR count). The molecular weight excluding hydrogens is 981 g/mol. The van der Waals surface area contributed by atoms with Crippen LogP contribution in [0, 0.1) is 52.3 Å². The van der Waals surface area contributed by atoms with E-state index in [-0.39, 0.29) is 23.0 Å². The van der Waals surface area contributed by atoms with Gasteiger partial charge in [0.15, 0.2) is 30.9 Å². The average Bonchev–Trinajstić information content (AvgIpc) is 3.84. The van der Waals surface area contributed by atoms with Gasteiger partial charge in [0.2, 0.25) is 0 Å². The third kappa shape index (κ3) is 9.56. The minimum atomic E-state index is -2.03. The van der Waals surface area contributed by atoms with Gasteiger partial charge < -0.3 is 114 Å². The van der Waals surface area contributed by atoms with E-state index in [4.69, 9.17) is 47.4 Å². The zero-order chi connectivity index (χ0) is 52.9. The van der Waals surface area contributed by atoms with E-state index in [1.165, 1.54) is 0 Å². The topological polar surface area (TPSA) is 355 Å². The van der Waals surface area contributed by atoms with Crippen LogP contribution >= 0.6 is 0 Å². The highest BCUT2D eigenvalue weighted by atomic mass is 16.8. The predicted molar refractivity (Wildman–Crippen MR) is 248 cm³/mol. The van der Waals surface area contributed by atoms with E-state index in [0.717, 1.165) is 58.0 Å². The fraction of sp³-hybridized carbons (Fsp3) is 1.00. The molecule has 0 radical (unpaired) electrons. The molecular formula is C51H84O23. The normalized spacial score (nSPS) is 57.6. The van der Waals surface area contributed by atoms with Crippen LogP contribution in [0.2, 0.25) is 0 Å². The monoisotopic (exact) mass is 1060 g/mol. The van der Waals surface area contributed by atoms with Gasteiger partial charge in [0, 0.05) is 12.3 Å². The second-order valence-corrected chi connectivity index (χ2v) is 24.3. The molecule has 10 fully saturated rings. The number of hydrogen-bond acceptors (Lipinski definition) is 23. The molecule has 426 valence electrons. The Morgan fingerprint density at radius 3 is 1.62 bits per heavy atom. The van der Waals surface area contributed by atoms with Crippen molar-refractivity contribution in [2.75, 3.05) is 33.0 Å². The molecule has 0 aromatic carbocycles. The SMILES string of the molecule is C[C@@H]1CC[C@@]2(OC1)O[C@H]1C[C@@H]3[C@@H]4CC[C@H]5C[C@@H](O[C@H]6O[C@H](CO)[C@H](O[C@H]7O[C@H](CO)[C@@H](O)[C@H](O[C@H]8O[C@H](CO)[C@@H](O)[C@H](O)[C@H]8O)[C@H]7O[C@H]7O[C@H](CO)[C@@H](O)[C@H](O)[C@H]7O)[C@H](O)[C@H]6O)CC[C@]5(C)[C@H]4CC[C@]3(C)[C@H]1[C@@H]2C. The van der Waals surface area contributed by atoms with Gasteiger partial charge in [0.1, 0.15) is 97.7 Å². The number of hydrogen-bond donors (Lipinski definition) is 13.